The van der Waals surface area contributed by atoms with Crippen molar-refractivity contribution in [3.05, 3.63) is 58.1 Å². The van der Waals surface area contributed by atoms with E-state index in [1.54, 1.807) is 24.3 Å². The Hall–Kier alpha value is -1.74. The Balaban J connectivity index is 2.24. The van der Waals surface area contributed by atoms with Crippen LogP contribution >= 0.6 is 23.2 Å². The van der Waals surface area contributed by atoms with Crippen LogP contribution in [0.1, 0.15) is 5.56 Å². The lowest BCUT2D eigenvalue weighted by Crippen LogP contribution is -2.12. The first-order valence-electron chi connectivity index (χ1n) is 5.86. The molecule has 0 amide bonds. The zero-order valence-corrected chi connectivity index (χ0v) is 13.0. The minimum absolute atomic E-state index is 0.0259. The summed E-state index contributed by atoms with van der Waals surface area (Å²) in [6, 6.07) is 12.7. The van der Waals surface area contributed by atoms with E-state index in [1.165, 1.54) is 18.2 Å². The molecule has 0 radical (unpaired) electrons. The van der Waals surface area contributed by atoms with Crippen molar-refractivity contribution in [2.75, 3.05) is 4.72 Å². The molecule has 0 unspecified atom stereocenters. The van der Waals surface area contributed by atoms with Crippen LogP contribution < -0.4 is 4.72 Å². The molecule has 7 heteroatoms. The maximum absolute atomic E-state index is 12.2. The summed E-state index contributed by atoms with van der Waals surface area (Å²) >= 11 is 11.6. The van der Waals surface area contributed by atoms with Gasteiger partial charge in [0.1, 0.15) is 0 Å². The molecule has 2 rings (SSSR count). The van der Waals surface area contributed by atoms with Gasteiger partial charge in [0.05, 0.1) is 27.4 Å². The Morgan fingerprint density at radius 2 is 1.71 bits per heavy atom. The maximum Gasteiger partial charge on any atom is 0.261 e. The highest BCUT2D eigenvalue weighted by Gasteiger charge is 2.15. The summed E-state index contributed by atoms with van der Waals surface area (Å²) in [5.41, 5.74) is 1.22. The van der Waals surface area contributed by atoms with Gasteiger partial charge in [-0.2, -0.15) is 5.26 Å². The lowest BCUT2D eigenvalue weighted by molar-refractivity contribution is 0.601. The summed E-state index contributed by atoms with van der Waals surface area (Å²) in [7, 11) is -3.74. The minimum atomic E-state index is -3.74. The maximum atomic E-state index is 12.2. The smallest absolute Gasteiger partial charge is 0.261 e. The summed E-state index contributed by atoms with van der Waals surface area (Å²) in [6.45, 7) is 0. The molecule has 108 valence electrons. The number of hydrogen-bond donors (Lipinski definition) is 1. The molecule has 0 saturated carbocycles. The molecule has 0 saturated heterocycles. The standard InChI is InChI=1S/C14H10Cl2N2O2S/c15-13-6-5-12(9-14(13)16)21(19,20)18-11-3-1-10(2-4-11)7-8-17/h1-6,9,18H,7H2. The van der Waals surface area contributed by atoms with E-state index in [2.05, 4.69) is 4.72 Å². The van der Waals surface area contributed by atoms with E-state index in [1.807, 2.05) is 6.07 Å². The van der Waals surface area contributed by atoms with Crippen LogP contribution in [-0.2, 0) is 16.4 Å². The molecule has 2 aromatic carbocycles. The van der Waals surface area contributed by atoms with Crippen molar-refractivity contribution >= 4 is 38.9 Å². The minimum Gasteiger partial charge on any atom is -0.280 e. The number of sulfonamides is 1. The fraction of sp³-hybridized carbons (Fsp3) is 0.0714. The van der Waals surface area contributed by atoms with Gasteiger partial charge in [0.25, 0.3) is 10.0 Å². The first kappa shape index (κ1) is 15.6. The largest absolute Gasteiger partial charge is 0.280 e. The molecule has 2 aromatic rings. The van der Waals surface area contributed by atoms with Gasteiger partial charge in [0.2, 0.25) is 0 Å². The number of halogens is 2. The van der Waals surface area contributed by atoms with Gasteiger partial charge in [-0.15, -0.1) is 0 Å². The Bertz CT molecular complexity index is 797. The van der Waals surface area contributed by atoms with Gasteiger partial charge in [-0.3, -0.25) is 4.72 Å². The molecule has 0 aliphatic rings. The number of benzene rings is 2. The number of hydrogen-bond acceptors (Lipinski definition) is 3. The lowest BCUT2D eigenvalue weighted by Gasteiger charge is -2.09. The van der Waals surface area contributed by atoms with Crippen LogP contribution in [0.2, 0.25) is 10.0 Å². The van der Waals surface area contributed by atoms with Gasteiger partial charge in [0.15, 0.2) is 0 Å². The highest BCUT2D eigenvalue weighted by Crippen LogP contribution is 2.26. The second-order valence-electron chi connectivity index (χ2n) is 4.21. The monoisotopic (exact) mass is 340 g/mol. The first-order valence-corrected chi connectivity index (χ1v) is 8.10. The van der Waals surface area contributed by atoms with Crippen molar-refractivity contribution in [2.24, 2.45) is 0 Å². The van der Waals surface area contributed by atoms with Crippen LogP contribution in [0.3, 0.4) is 0 Å². The third kappa shape index (κ3) is 3.88. The van der Waals surface area contributed by atoms with Crippen molar-refractivity contribution in [1.29, 1.82) is 5.26 Å². The molecule has 0 bridgehead atoms. The first-order chi connectivity index (χ1) is 9.92. The van der Waals surface area contributed by atoms with E-state index in [-0.39, 0.29) is 21.4 Å². The van der Waals surface area contributed by atoms with Crippen LogP contribution in [0.5, 0.6) is 0 Å². The van der Waals surface area contributed by atoms with E-state index in [0.29, 0.717) is 5.69 Å². The quantitative estimate of drug-likeness (QED) is 0.918. The van der Waals surface area contributed by atoms with Crippen molar-refractivity contribution in [2.45, 2.75) is 11.3 Å². The van der Waals surface area contributed by atoms with Crippen LogP contribution in [0.25, 0.3) is 0 Å². The van der Waals surface area contributed by atoms with Crippen molar-refractivity contribution in [3.8, 4) is 6.07 Å². The van der Waals surface area contributed by atoms with Crippen LogP contribution in [0, 0.1) is 11.3 Å². The Labute approximate surface area is 133 Å². The van der Waals surface area contributed by atoms with Crippen LogP contribution in [0.15, 0.2) is 47.4 Å². The predicted octanol–water partition coefficient (Wildman–Crippen LogP) is 3.86. The molecule has 0 spiro atoms. The van der Waals surface area contributed by atoms with Crippen molar-refractivity contribution < 1.29 is 8.42 Å². The van der Waals surface area contributed by atoms with E-state index < -0.39 is 10.0 Å². The fourth-order valence-corrected chi connectivity index (χ4v) is 3.09. The number of rotatable bonds is 4. The van der Waals surface area contributed by atoms with Gasteiger partial charge in [-0.05, 0) is 35.9 Å². The fourth-order valence-electron chi connectivity index (χ4n) is 1.64. The molecule has 0 fully saturated rings. The van der Waals surface area contributed by atoms with Crippen LogP contribution in [0.4, 0.5) is 5.69 Å². The lowest BCUT2D eigenvalue weighted by atomic mass is 10.1. The number of anilines is 1. The highest BCUT2D eigenvalue weighted by molar-refractivity contribution is 7.92. The Morgan fingerprint density at radius 1 is 1.05 bits per heavy atom. The second-order valence-corrected chi connectivity index (χ2v) is 6.71. The average Bonchev–Trinajstić information content (AvgIpc) is 2.44. The summed E-state index contributed by atoms with van der Waals surface area (Å²) in [5.74, 6) is 0. The summed E-state index contributed by atoms with van der Waals surface area (Å²) < 4.78 is 26.9. The molecule has 21 heavy (non-hydrogen) atoms. The van der Waals surface area contributed by atoms with E-state index in [0.717, 1.165) is 5.56 Å². The molecule has 0 aliphatic carbocycles. The molecule has 0 atom stereocenters. The number of nitrogens with zero attached hydrogens (tertiary/aromatic N) is 1. The average molecular weight is 341 g/mol. The zero-order chi connectivity index (χ0) is 15.5. The highest BCUT2D eigenvalue weighted by atomic mass is 35.5. The normalized spacial score (nSPS) is 10.9. The summed E-state index contributed by atoms with van der Waals surface area (Å²) in [6.07, 6.45) is 0.278. The Kier molecular flexibility index (Phi) is 4.73. The molecular formula is C14H10Cl2N2O2S. The third-order valence-corrected chi connectivity index (χ3v) is 4.81. The van der Waals surface area contributed by atoms with Crippen molar-refractivity contribution in [3.63, 3.8) is 0 Å². The Morgan fingerprint density at radius 3 is 2.29 bits per heavy atom. The number of nitriles is 1. The molecule has 1 N–H and O–H groups in total. The summed E-state index contributed by atoms with van der Waals surface area (Å²) in [5, 5.41) is 9.05. The van der Waals surface area contributed by atoms with E-state index in [9.17, 15) is 8.42 Å². The summed E-state index contributed by atoms with van der Waals surface area (Å²) in [4.78, 5) is 0.0259. The van der Waals surface area contributed by atoms with Gasteiger partial charge < -0.3 is 0 Å². The molecule has 0 heterocycles. The zero-order valence-electron chi connectivity index (χ0n) is 10.7. The second kappa shape index (κ2) is 6.35. The molecular weight excluding hydrogens is 331 g/mol. The molecule has 0 aromatic heterocycles. The van der Waals surface area contributed by atoms with Crippen LogP contribution in [-0.4, -0.2) is 8.42 Å². The van der Waals surface area contributed by atoms with Crippen molar-refractivity contribution in [1.82, 2.24) is 0 Å². The third-order valence-electron chi connectivity index (χ3n) is 2.69. The van der Waals surface area contributed by atoms with Gasteiger partial charge >= 0.3 is 0 Å². The van der Waals surface area contributed by atoms with E-state index in [4.69, 9.17) is 28.5 Å². The number of nitrogens with one attached hydrogen (secondary N) is 1. The SMILES string of the molecule is N#CCc1ccc(NS(=O)(=O)c2ccc(Cl)c(Cl)c2)cc1. The topological polar surface area (TPSA) is 70.0 Å². The predicted molar refractivity (Wildman–Crippen MR) is 83.0 cm³/mol. The van der Waals surface area contributed by atoms with E-state index >= 15 is 0 Å². The van der Waals surface area contributed by atoms with Gasteiger partial charge in [0, 0.05) is 5.69 Å². The molecule has 0 aliphatic heterocycles. The van der Waals surface area contributed by atoms with Gasteiger partial charge in [-0.25, -0.2) is 8.42 Å². The van der Waals surface area contributed by atoms with Gasteiger partial charge in [-0.1, -0.05) is 35.3 Å². The molecule has 4 nitrogen and oxygen atoms in total.